The molecule has 0 spiro atoms. The minimum absolute atomic E-state index is 0.0828. The summed E-state index contributed by atoms with van der Waals surface area (Å²) in [4.78, 5) is 35.7. The van der Waals surface area contributed by atoms with Gasteiger partial charge in [0.15, 0.2) is 5.82 Å². The van der Waals surface area contributed by atoms with Crippen molar-refractivity contribution in [2.45, 2.75) is 53.3 Å². The maximum Gasteiger partial charge on any atom is 0.306 e. The number of pyridine rings is 1. The molecular weight excluding hydrogens is 538 g/mol. The monoisotopic (exact) mass is 574 g/mol. The lowest BCUT2D eigenvalue weighted by Crippen LogP contribution is -2.35. The number of hydrogen-bond acceptors (Lipinski definition) is 6. The predicted octanol–water partition coefficient (Wildman–Crippen LogP) is 4.93. The van der Waals surface area contributed by atoms with Crippen LogP contribution in [0.4, 0.5) is 14.6 Å². The molecule has 0 fully saturated rings. The minimum atomic E-state index is -3.34. The SMILES string of the molecule is CC(C)CN(Cc1ccccc1CNC(=O)Cn1c(Cl)cnc(NCC(F)(F)c2ccccn2)c1=O)CC(C)C. The first-order valence-corrected chi connectivity index (χ1v) is 13.7. The average Bonchev–Trinajstić information content (AvgIpc) is 2.90. The summed E-state index contributed by atoms with van der Waals surface area (Å²) in [6.07, 6.45) is 2.41. The van der Waals surface area contributed by atoms with Crippen LogP contribution in [0.2, 0.25) is 5.15 Å². The van der Waals surface area contributed by atoms with Crippen LogP contribution in [0.15, 0.2) is 59.7 Å². The van der Waals surface area contributed by atoms with E-state index in [0.717, 1.165) is 41.5 Å². The Morgan fingerprint density at radius 2 is 1.68 bits per heavy atom. The second-order valence-corrected chi connectivity index (χ2v) is 11.0. The molecule has 0 aliphatic heterocycles. The zero-order valence-electron chi connectivity index (χ0n) is 23.3. The van der Waals surface area contributed by atoms with Gasteiger partial charge in [-0.05, 0) is 35.1 Å². The number of halogens is 3. The number of anilines is 1. The molecule has 8 nitrogen and oxygen atoms in total. The van der Waals surface area contributed by atoms with Gasteiger partial charge in [0.25, 0.3) is 5.56 Å². The van der Waals surface area contributed by atoms with Crippen LogP contribution < -0.4 is 16.2 Å². The fourth-order valence-corrected chi connectivity index (χ4v) is 4.54. The Kier molecular flexibility index (Phi) is 11.2. The summed E-state index contributed by atoms with van der Waals surface area (Å²) in [5, 5.41) is 5.14. The Bertz CT molecular complexity index is 1310. The highest BCUT2D eigenvalue weighted by Crippen LogP contribution is 2.25. The van der Waals surface area contributed by atoms with Crippen LogP contribution in [0.1, 0.15) is 44.5 Å². The molecule has 1 aromatic carbocycles. The van der Waals surface area contributed by atoms with Crippen molar-refractivity contribution in [1.82, 2.24) is 24.8 Å². The van der Waals surface area contributed by atoms with E-state index in [9.17, 15) is 18.4 Å². The summed E-state index contributed by atoms with van der Waals surface area (Å²) >= 11 is 6.14. The van der Waals surface area contributed by atoms with Crippen molar-refractivity contribution in [1.29, 1.82) is 0 Å². The third-order valence-corrected chi connectivity index (χ3v) is 6.36. The van der Waals surface area contributed by atoms with Crippen LogP contribution in [0.3, 0.4) is 0 Å². The molecule has 2 heterocycles. The number of carbonyl (C=O) groups excluding carboxylic acids is 1. The van der Waals surface area contributed by atoms with Crippen molar-refractivity contribution in [2.24, 2.45) is 11.8 Å². The third-order valence-electron chi connectivity index (χ3n) is 6.06. The smallest absolute Gasteiger partial charge is 0.306 e. The van der Waals surface area contributed by atoms with Crippen molar-refractivity contribution in [3.63, 3.8) is 0 Å². The van der Waals surface area contributed by atoms with Gasteiger partial charge in [-0.25, -0.2) is 4.98 Å². The molecule has 0 unspecified atom stereocenters. The van der Waals surface area contributed by atoms with E-state index in [4.69, 9.17) is 11.6 Å². The molecule has 0 atom stereocenters. The van der Waals surface area contributed by atoms with Gasteiger partial charge in [-0.2, -0.15) is 8.78 Å². The van der Waals surface area contributed by atoms with Gasteiger partial charge < -0.3 is 10.6 Å². The first-order valence-electron chi connectivity index (χ1n) is 13.3. The zero-order chi connectivity index (χ0) is 29.3. The lowest BCUT2D eigenvalue weighted by molar-refractivity contribution is -0.121. The van der Waals surface area contributed by atoms with Crippen LogP contribution >= 0.6 is 11.6 Å². The summed E-state index contributed by atoms with van der Waals surface area (Å²) in [6, 6.07) is 12.1. The van der Waals surface area contributed by atoms with Gasteiger partial charge in [0.1, 0.15) is 17.4 Å². The van der Waals surface area contributed by atoms with E-state index in [0.29, 0.717) is 11.8 Å². The second-order valence-electron chi connectivity index (χ2n) is 10.6. The van der Waals surface area contributed by atoms with Crippen molar-refractivity contribution in [3.8, 4) is 0 Å². The van der Waals surface area contributed by atoms with Crippen LogP contribution in [0.25, 0.3) is 0 Å². The molecule has 2 N–H and O–H groups in total. The van der Waals surface area contributed by atoms with Crippen molar-refractivity contribution in [3.05, 3.63) is 87.2 Å². The topological polar surface area (TPSA) is 92.2 Å². The van der Waals surface area contributed by atoms with Gasteiger partial charge in [0.05, 0.1) is 12.7 Å². The molecule has 40 heavy (non-hydrogen) atoms. The number of carbonyl (C=O) groups is 1. The molecule has 3 rings (SSSR count). The first-order chi connectivity index (χ1) is 19.0. The fraction of sp³-hybridized carbons (Fsp3) is 0.448. The summed E-state index contributed by atoms with van der Waals surface area (Å²) in [6.45, 7) is 10.4. The number of alkyl halides is 2. The highest BCUT2D eigenvalue weighted by Gasteiger charge is 2.33. The van der Waals surface area contributed by atoms with Crippen molar-refractivity contribution in [2.75, 3.05) is 25.0 Å². The van der Waals surface area contributed by atoms with Gasteiger partial charge >= 0.3 is 5.92 Å². The minimum Gasteiger partial charge on any atom is -0.359 e. The molecule has 0 saturated heterocycles. The Labute approximate surface area is 238 Å². The van der Waals surface area contributed by atoms with E-state index >= 15 is 0 Å². The van der Waals surface area contributed by atoms with Gasteiger partial charge in [-0.3, -0.25) is 24.0 Å². The van der Waals surface area contributed by atoms with E-state index in [2.05, 4.69) is 59.3 Å². The maximum atomic E-state index is 14.5. The Balaban J connectivity index is 1.66. The predicted molar refractivity (Wildman–Crippen MR) is 153 cm³/mol. The molecule has 1 amide bonds. The zero-order valence-corrected chi connectivity index (χ0v) is 24.1. The summed E-state index contributed by atoms with van der Waals surface area (Å²) in [5.41, 5.74) is 0.870. The number of hydrogen-bond donors (Lipinski definition) is 2. The number of nitrogens with zero attached hydrogens (tertiary/aromatic N) is 4. The third kappa shape index (κ3) is 9.09. The Hall–Kier alpha value is -3.37. The molecule has 0 radical (unpaired) electrons. The molecular formula is C29H37ClF2N6O2. The number of amides is 1. The highest BCUT2D eigenvalue weighted by atomic mass is 35.5. The highest BCUT2D eigenvalue weighted by molar-refractivity contribution is 6.29. The van der Waals surface area contributed by atoms with E-state index in [-0.39, 0.29) is 24.1 Å². The number of benzene rings is 1. The quantitative estimate of drug-likeness (QED) is 0.284. The summed E-state index contributed by atoms with van der Waals surface area (Å²) in [5.74, 6) is -3.08. The van der Waals surface area contributed by atoms with Gasteiger partial charge in [0.2, 0.25) is 5.91 Å². The molecule has 0 saturated carbocycles. The first kappa shape index (κ1) is 31.2. The molecule has 0 bridgehead atoms. The average molecular weight is 575 g/mol. The van der Waals surface area contributed by atoms with Crippen LogP contribution in [-0.2, 0) is 30.4 Å². The molecule has 0 aliphatic carbocycles. The normalized spacial score (nSPS) is 11.8. The van der Waals surface area contributed by atoms with E-state index in [1.807, 2.05) is 18.2 Å². The van der Waals surface area contributed by atoms with Crippen LogP contribution in [0, 0.1) is 11.8 Å². The standard InChI is InChI=1S/C29H37ClF2N6O2/c1-20(2)15-37(16-21(3)4)17-23-10-6-5-9-22(23)13-34-26(39)18-38-25(30)14-35-27(28(38)40)36-19-29(31,32)24-11-7-8-12-33-24/h5-12,14,20-21H,13,15-19H2,1-4H3,(H,34,39)(H,35,36). The van der Waals surface area contributed by atoms with Crippen LogP contribution in [-0.4, -0.2) is 45.0 Å². The fourth-order valence-electron chi connectivity index (χ4n) is 4.36. The van der Waals surface area contributed by atoms with Gasteiger partial charge in [0, 0.05) is 32.4 Å². The number of nitrogens with one attached hydrogen (secondary N) is 2. The molecule has 11 heteroatoms. The largest absolute Gasteiger partial charge is 0.359 e. The molecule has 0 aliphatic rings. The molecule has 3 aromatic rings. The van der Waals surface area contributed by atoms with Crippen LogP contribution in [0.5, 0.6) is 0 Å². The Morgan fingerprint density at radius 3 is 2.30 bits per heavy atom. The number of aromatic nitrogens is 3. The van der Waals surface area contributed by atoms with Crippen molar-refractivity contribution >= 4 is 23.3 Å². The van der Waals surface area contributed by atoms with E-state index in [1.165, 1.54) is 24.4 Å². The van der Waals surface area contributed by atoms with Gasteiger partial charge in [-0.1, -0.05) is 69.6 Å². The molecule has 2 aromatic heterocycles. The van der Waals surface area contributed by atoms with E-state index in [1.54, 1.807) is 0 Å². The Morgan fingerprint density at radius 1 is 1.02 bits per heavy atom. The van der Waals surface area contributed by atoms with Crippen molar-refractivity contribution < 1.29 is 13.6 Å². The lowest BCUT2D eigenvalue weighted by atomic mass is 10.0. The summed E-state index contributed by atoms with van der Waals surface area (Å²) < 4.78 is 30.0. The molecule has 216 valence electrons. The summed E-state index contributed by atoms with van der Waals surface area (Å²) in [7, 11) is 0. The lowest BCUT2D eigenvalue weighted by Gasteiger charge is -2.27. The van der Waals surface area contributed by atoms with Gasteiger partial charge in [-0.15, -0.1) is 0 Å². The number of rotatable bonds is 14. The van der Waals surface area contributed by atoms with E-state index < -0.39 is 29.6 Å². The maximum absolute atomic E-state index is 14.5. The second kappa shape index (κ2) is 14.3.